The Bertz CT molecular complexity index is 780. The number of rotatable bonds is 3. The van der Waals surface area contributed by atoms with Crippen LogP contribution >= 0.6 is 0 Å². The van der Waals surface area contributed by atoms with Crippen LogP contribution in [-0.2, 0) is 20.7 Å². The van der Waals surface area contributed by atoms with Gasteiger partial charge in [0, 0.05) is 19.3 Å². The number of anilines is 1. The van der Waals surface area contributed by atoms with Gasteiger partial charge in [-0.25, -0.2) is 4.79 Å². The lowest BCUT2D eigenvalue weighted by Crippen LogP contribution is -2.72. The van der Waals surface area contributed by atoms with E-state index in [9.17, 15) is 14.4 Å². The van der Waals surface area contributed by atoms with Crippen LogP contribution in [0.25, 0.3) is 0 Å². The minimum Gasteiger partial charge on any atom is -0.383 e. The first-order valence-corrected chi connectivity index (χ1v) is 9.60. The summed E-state index contributed by atoms with van der Waals surface area (Å²) in [6, 6.07) is 7.10. The fraction of sp³-hybridized carbons (Fsp3) is 0.550. The highest BCUT2D eigenvalue weighted by Gasteiger charge is 2.61. The van der Waals surface area contributed by atoms with Crippen LogP contribution in [0, 0.1) is 5.41 Å². The van der Waals surface area contributed by atoms with E-state index in [0.29, 0.717) is 6.42 Å². The van der Waals surface area contributed by atoms with Crippen LogP contribution in [0.5, 0.6) is 0 Å². The topological polar surface area (TPSA) is 79.0 Å². The molecule has 3 heterocycles. The third kappa shape index (κ3) is 2.72. The number of hydrogen-bond acceptors (Lipinski definition) is 5. The number of hydrogen-bond donors (Lipinski definition) is 1. The maximum absolute atomic E-state index is 13.6. The largest absolute Gasteiger partial charge is 0.383 e. The lowest BCUT2D eigenvalue weighted by molar-refractivity contribution is -0.154. The molecule has 4 rings (SSSR count). The number of barbiturate groups is 1. The molecule has 1 spiro atoms. The maximum Gasteiger partial charge on any atom is 0.330 e. The van der Waals surface area contributed by atoms with Gasteiger partial charge in [-0.2, -0.15) is 0 Å². The van der Waals surface area contributed by atoms with E-state index in [0.717, 1.165) is 48.4 Å². The van der Waals surface area contributed by atoms with Gasteiger partial charge in [-0.15, -0.1) is 0 Å². The van der Waals surface area contributed by atoms with E-state index in [2.05, 4.69) is 16.3 Å². The zero-order valence-corrected chi connectivity index (χ0v) is 15.6. The summed E-state index contributed by atoms with van der Waals surface area (Å²) in [5.74, 6) is -0.850. The Morgan fingerprint density at radius 1 is 1.19 bits per heavy atom. The molecule has 144 valence electrons. The van der Waals surface area contributed by atoms with Gasteiger partial charge < -0.3 is 9.64 Å². The summed E-state index contributed by atoms with van der Waals surface area (Å²) in [6.45, 7) is 1.20. The Morgan fingerprint density at radius 2 is 2.00 bits per heavy atom. The maximum atomic E-state index is 13.6. The minimum absolute atomic E-state index is 0.143. The fourth-order valence-electron chi connectivity index (χ4n) is 4.81. The van der Waals surface area contributed by atoms with Gasteiger partial charge in [-0.1, -0.05) is 31.0 Å². The van der Waals surface area contributed by atoms with Crippen LogP contribution in [0.2, 0.25) is 0 Å². The fourth-order valence-corrected chi connectivity index (χ4v) is 4.81. The van der Waals surface area contributed by atoms with Crippen molar-refractivity contribution in [1.82, 2.24) is 10.2 Å². The van der Waals surface area contributed by atoms with Crippen LogP contribution in [0.15, 0.2) is 24.3 Å². The highest BCUT2D eigenvalue weighted by molar-refractivity contribution is 6.20. The first kappa shape index (κ1) is 18.0. The van der Waals surface area contributed by atoms with Crippen LogP contribution in [0.1, 0.15) is 31.2 Å². The second-order valence-electron chi connectivity index (χ2n) is 7.54. The molecule has 0 bridgehead atoms. The third-order valence-electron chi connectivity index (χ3n) is 6.11. The van der Waals surface area contributed by atoms with Gasteiger partial charge in [0.2, 0.25) is 11.8 Å². The monoisotopic (exact) mass is 371 g/mol. The first-order valence-electron chi connectivity index (χ1n) is 9.60. The number of amides is 4. The summed E-state index contributed by atoms with van der Waals surface area (Å²) in [5, 5.41) is 2.46. The highest BCUT2D eigenvalue weighted by atomic mass is 16.5. The van der Waals surface area contributed by atoms with E-state index < -0.39 is 17.4 Å². The molecule has 0 aliphatic carbocycles. The Kier molecular flexibility index (Phi) is 4.63. The van der Waals surface area contributed by atoms with Crippen LogP contribution < -0.4 is 10.2 Å². The Hall–Kier alpha value is -2.41. The summed E-state index contributed by atoms with van der Waals surface area (Å²) < 4.78 is 5.06. The van der Waals surface area contributed by atoms with Crippen molar-refractivity contribution < 1.29 is 19.1 Å². The molecular weight excluding hydrogens is 346 g/mol. The van der Waals surface area contributed by atoms with Gasteiger partial charge >= 0.3 is 6.03 Å². The van der Waals surface area contributed by atoms with Crippen molar-refractivity contribution in [3.63, 3.8) is 0 Å². The quantitative estimate of drug-likeness (QED) is 0.819. The van der Waals surface area contributed by atoms with Gasteiger partial charge in [0.25, 0.3) is 0 Å². The average Bonchev–Trinajstić information content (AvgIpc) is 2.93. The zero-order chi connectivity index (χ0) is 19.0. The lowest BCUT2D eigenvalue weighted by atomic mass is 9.67. The average molecular weight is 371 g/mol. The van der Waals surface area contributed by atoms with E-state index in [1.807, 2.05) is 18.2 Å². The summed E-state index contributed by atoms with van der Waals surface area (Å²) in [6.07, 6.45) is 4.17. The van der Waals surface area contributed by atoms with Crippen molar-refractivity contribution in [2.75, 3.05) is 31.7 Å². The summed E-state index contributed by atoms with van der Waals surface area (Å²) in [7, 11) is 1.52. The number of ether oxygens (including phenoxy) is 1. The number of methoxy groups -OCH3 is 1. The number of nitrogens with zero attached hydrogens (tertiary/aromatic N) is 2. The predicted octanol–water partition coefficient (Wildman–Crippen LogP) is 1.70. The van der Waals surface area contributed by atoms with Crippen LogP contribution in [-0.4, -0.2) is 55.6 Å². The molecule has 0 unspecified atom stereocenters. The van der Waals surface area contributed by atoms with E-state index in [1.54, 1.807) is 0 Å². The summed E-state index contributed by atoms with van der Waals surface area (Å²) in [4.78, 5) is 42.4. The van der Waals surface area contributed by atoms with Crippen molar-refractivity contribution in [1.29, 1.82) is 0 Å². The second-order valence-corrected chi connectivity index (χ2v) is 7.54. The lowest BCUT2D eigenvalue weighted by Gasteiger charge is -2.51. The van der Waals surface area contributed by atoms with Gasteiger partial charge in [0.1, 0.15) is 0 Å². The zero-order valence-electron chi connectivity index (χ0n) is 15.6. The van der Waals surface area contributed by atoms with E-state index in [1.165, 1.54) is 7.11 Å². The van der Waals surface area contributed by atoms with Gasteiger partial charge in [0.15, 0.2) is 5.41 Å². The molecule has 2 saturated heterocycles. The molecule has 1 N–H and O–H groups in total. The Labute approximate surface area is 158 Å². The normalized spacial score (nSPS) is 27.9. The van der Waals surface area contributed by atoms with Crippen molar-refractivity contribution in [3.8, 4) is 0 Å². The van der Waals surface area contributed by atoms with Crippen LogP contribution in [0.4, 0.5) is 10.5 Å². The predicted molar refractivity (Wildman–Crippen MR) is 99.3 cm³/mol. The molecule has 0 saturated carbocycles. The molecule has 0 radical (unpaired) electrons. The van der Waals surface area contributed by atoms with Crippen molar-refractivity contribution >= 4 is 23.5 Å². The molecule has 3 aliphatic rings. The molecule has 4 amide bonds. The molecule has 0 aromatic heterocycles. The molecular formula is C20H25N3O4. The third-order valence-corrected chi connectivity index (χ3v) is 6.11. The van der Waals surface area contributed by atoms with E-state index in [4.69, 9.17) is 4.74 Å². The standard InChI is InChI=1S/C20H25N3O4/c1-27-12-11-23-18(25)20(17(24)21-19(23)26)13-14-7-4-5-8-15(14)22-10-6-2-3-9-16(20)22/h4-5,7-8,16H,2-3,6,9-13H2,1H3,(H,21,24,26)/t16-,20+/m0/s1. The molecule has 1 aromatic rings. The van der Waals surface area contributed by atoms with Crippen LogP contribution in [0.3, 0.4) is 0 Å². The summed E-state index contributed by atoms with van der Waals surface area (Å²) in [5.41, 5.74) is 0.830. The molecule has 2 atom stereocenters. The van der Waals surface area contributed by atoms with E-state index in [-0.39, 0.29) is 25.1 Å². The number of para-hydroxylation sites is 1. The number of carbonyl (C=O) groups is 3. The number of fused-ring (bicyclic) bond motifs is 4. The van der Waals surface area contributed by atoms with Gasteiger partial charge in [-0.3, -0.25) is 19.8 Å². The molecule has 1 aromatic carbocycles. The van der Waals surface area contributed by atoms with Crippen molar-refractivity contribution in [3.05, 3.63) is 29.8 Å². The Balaban J connectivity index is 1.82. The summed E-state index contributed by atoms with van der Waals surface area (Å²) >= 11 is 0. The first-order chi connectivity index (χ1) is 13.1. The SMILES string of the molecule is COCCN1C(=O)NC(=O)[C@]2(Cc3ccccc3N3CCCCC[C@H]32)C1=O. The van der Waals surface area contributed by atoms with Crippen molar-refractivity contribution in [2.24, 2.45) is 5.41 Å². The van der Waals surface area contributed by atoms with Gasteiger partial charge in [0.05, 0.1) is 19.2 Å². The smallest absolute Gasteiger partial charge is 0.330 e. The van der Waals surface area contributed by atoms with E-state index >= 15 is 0 Å². The number of carbonyl (C=O) groups excluding carboxylic acids is 3. The minimum atomic E-state index is -1.26. The molecule has 7 nitrogen and oxygen atoms in total. The number of urea groups is 1. The van der Waals surface area contributed by atoms with Crippen molar-refractivity contribution in [2.45, 2.75) is 38.1 Å². The number of imide groups is 2. The highest BCUT2D eigenvalue weighted by Crippen LogP contribution is 2.46. The second kappa shape index (κ2) is 6.96. The van der Waals surface area contributed by atoms with Gasteiger partial charge in [-0.05, 0) is 30.9 Å². The molecule has 2 fully saturated rings. The molecule has 27 heavy (non-hydrogen) atoms. The molecule has 7 heteroatoms. The Morgan fingerprint density at radius 3 is 2.81 bits per heavy atom. The number of nitrogens with one attached hydrogen (secondary N) is 1. The number of benzene rings is 1. The molecule has 3 aliphatic heterocycles.